The molecule has 0 nitrogen and oxygen atoms in total. The predicted molar refractivity (Wildman–Crippen MR) is 113 cm³/mol. The molecule has 0 N–H and O–H groups in total. The Morgan fingerprint density at radius 3 is 2.31 bits per heavy atom. The molecule has 0 amide bonds. The molecule has 0 atom stereocenters. The van der Waals surface area contributed by atoms with Gasteiger partial charge in [-0.3, -0.25) is 0 Å². The van der Waals surface area contributed by atoms with E-state index in [0.29, 0.717) is 35.1 Å². The van der Waals surface area contributed by atoms with Crippen LogP contribution in [0.1, 0.15) is 48.4 Å². The summed E-state index contributed by atoms with van der Waals surface area (Å²) in [4.78, 5) is 0. The van der Waals surface area contributed by atoms with E-state index >= 15 is 4.39 Å². The van der Waals surface area contributed by atoms with Crippen LogP contribution in [0.5, 0.6) is 0 Å². The lowest BCUT2D eigenvalue weighted by atomic mass is 9.86. The summed E-state index contributed by atoms with van der Waals surface area (Å²) < 4.78 is 43.0. The maximum absolute atomic E-state index is 15.1. The molecule has 3 heteroatoms. The fraction of sp³-hybridized carbons (Fsp3) is 0.231. The van der Waals surface area contributed by atoms with Crippen molar-refractivity contribution in [3.63, 3.8) is 0 Å². The van der Waals surface area contributed by atoms with Crippen LogP contribution in [-0.4, -0.2) is 0 Å². The van der Waals surface area contributed by atoms with Gasteiger partial charge in [-0.05, 0) is 71.7 Å². The number of hydrogen-bond acceptors (Lipinski definition) is 0. The molecule has 1 aliphatic rings. The summed E-state index contributed by atoms with van der Waals surface area (Å²) in [6, 6.07) is 14.9. The lowest BCUT2D eigenvalue weighted by molar-refractivity contribution is 0.609. The van der Waals surface area contributed by atoms with Crippen LogP contribution >= 0.6 is 0 Å². The third-order valence-corrected chi connectivity index (χ3v) is 5.61. The van der Waals surface area contributed by atoms with Crippen LogP contribution in [0, 0.1) is 17.5 Å². The zero-order chi connectivity index (χ0) is 20.4. The Labute approximate surface area is 169 Å². The third-order valence-electron chi connectivity index (χ3n) is 5.61. The Balaban J connectivity index is 1.66. The monoisotopic (exact) mass is 392 g/mol. The van der Waals surface area contributed by atoms with E-state index in [1.54, 1.807) is 24.3 Å². The molecule has 0 heterocycles. The lowest BCUT2D eigenvalue weighted by Crippen LogP contribution is -2.05. The number of fused-ring (bicyclic) bond motifs is 1. The topological polar surface area (TPSA) is 0 Å². The molecular formula is C26H23F3. The van der Waals surface area contributed by atoms with Crippen molar-refractivity contribution in [3.05, 3.63) is 94.3 Å². The minimum absolute atomic E-state index is 0.211. The van der Waals surface area contributed by atoms with Crippen LogP contribution < -0.4 is 0 Å². The molecule has 148 valence electrons. The molecule has 0 saturated heterocycles. The molecule has 4 rings (SSSR count). The van der Waals surface area contributed by atoms with Crippen LogP contribution in [-0.2, 0) is 12.8 Å². The van der Waals surface area contributed by atoms with Gasteiger partial charge in [-0.2, -0.15) is 0 Å². The van der Waals surface area contributed by atoms with Crippen molar-refractivity contribution in [1.82, 2.24) is 0 Å². The summed E-state index contributed by atoms with van der Waals surface area (Å²) in [5, 5.41) is 0. The normalized spacial score (nSPS) is 13.2. The van der Waals surface area contributed by atoms with E-state index in [1.165, 1.54) is 12.1 Å². The van der Waals surface area contributed by atoms with E-state index in [4.69, 9.17) is 0 Å². The van der Waals surface area contributed by atoms with Crippen LogP contribution in [0.25, 0.3) is 22.8 Å². The average molecular weight is 392 g/mol. The highest BCUT2D eigenvalue weighted by molar-refractivity contribution is 5.85. The number of benzene rings is 3. The number of hydrogen-bond donors (Lipinski definition) is 0. The van der Waals surface area contributed by atoms with Crippen molar-refractivity contribution in [2.24, 2.45) is 0 Å². The molecule has 1 aliphatic carbocycles. The molecule has 0 aromatic heterocycles. The van der Waals surface area contributed by atoms with Crippen LogP contribution in [0.4, 0.5) is 13.2 Å². The molecule has 0 fully saturated rings. The predicted octanol–water partition coefficient (Wildman–Crippen LogP) is 7.60. The van der Waals surface area contributed by atoms with Gasteiger partial charge < -0.3 is 0 Å². The first-order valence-electron chi connectivity index (χ1n) is 10.1. The fourth-order valence-electron chi connectivity index (χ4n) is 3.97. The van der Waals surface area contributed by atoms with Crippen molar-refractivity contribution in [1.29, 1.82) is 0 Å². The summed E-state index contributed by atoms with van der Waals surface area (Å²) in [6.07, 6.45) is 6.00. The summed E-state index contributed by atoms with van der Waals surface area (Å²) >= 11 is 0. The number of aryl methyl sites for hydroxylation is 1. The maximum Gasteiger partial charge on any atom is 0.134 e. The second-order valence-corrected chi connectivity index (χ2v) is 7.59. The molecule has 0 radical (unpaired) electrons. The third kappa shape index (κ3) is 4.00. The number of allylic oxidation sites excluding steroid dienone is 1. The second kappa shape index (κ2) is 8.28. The van der Waals surface area contributed by atoms with Gasteiger partial charge in [0.2, 0.25) is 0 Å². The van der Waals surface area contributed by atoms with Crippen molar-refractivity contribution < 1.29 is 13.2 Å². The van der Waals surface area contributed by atoms with Crippen molar-refractivity contribution >= 4 is 11.6 Å². The van der Waals surface area contributed by atoms with Gasteiger partial charge in [0, 0.05) is 11.1 Å². The van der Waals surface area contributed by atoms with Crippen LogP contribution in [0.3, 0.4) is 0 Å². The number of unbranched alkanes of at least 4 members (excludes halogenated alkanes) is 1. The minimum atomic E-state index is -0.345. The van der Waals surface area contributed by atoms with Crippen molar-refractivity contribution in [2.75, 3.05) is 0 Å². The van der Waals surface area contributed by atoms with Gasteiger partial charge in [-0.1, -0.05) is 55.8 Å². The van der Waals surface area contributed by atoms with Gasteiger partial charge in [0.1, 0.15) is 17.5 Å². The lowest BCUT2D eigenvalue weighted by Gasteiger charge is -2.20. The van der Waals surface area contributed by atoms with Crippen molar-refractivity contribution in [3.8, 4) is 11.1 Å². The first-order valence-corrected chi connectivity index (χ1v) is 10.1. The molecule has 0 aliphatic heterocycles. The Kier molecular flexibility index (Phi) is 5.57. The Bertz CT molecular complexity index is 1060. The standard InChI is InChI=1S/C26H23F3/c1-2-3-4-17-5-12-22(25(28)15-17)19-8-14-24-20(16-19)9-13-23(26(24)29)18-6-10-21(27)11-7-18/h5-7,9-13,15-16H,2-4,8,14H2,1H3. The number of halogens is 3. The van der Waals surface area contributed by atoms with Gasteiger partial charge in [0.25, 0.3) is 0 Å². The molecule has 29 heavy (non-hydrogen) atoms. The molecular weight excluding hydrogens is 369 g/mol. The zero-order valence-electron chi connectivity index (χ0n) is 16.4. The van der Waals surface area contributed by atoms with Gasteiger partial charge in [0.05, 0.1) is 0 Å². The molecule has 0 unspecified atom stereocenters. The Morgan fingerprint density at radius 2 is 1.59 bits per heavy atom. The van der Waals surface area contributed by atoms with Crippen molar-refractivity contribution in [2.45, 2.75) is 39.0 Å². The van der Waals surface area contributed by atoms with E-state index in [1.807, 2.05) is 24.3 Å². The zero-order valence-corrected chi connectivity index (χ0v) is 16.4. The first kappa shape index (κ1) is 19.5. The molecule has 0 saturated carbocycles. The molecule has 0 spiro atoms. The van der Waals surface area contributed by atoms with E-state index < -0.39 is 0 Å². The maximum atomic E-state index is 15.1. The van der Waals surface area contributed by atoms with Crippen LogP contribution in [0.15, 0.2) is 54.6 Å². The smallest absolute Gasteiger partial charge is 0.134 e. The highest BCUT2D eigenvalue weighted by atomic mass is 19.1. The average Bonchev–Trinajstić information content (AvgIpc) is 2.73. The van der Waals surface area contributed by atoms with E-state index in [-0.39, 0.29) is 17.5 Å². The Morgan fingerprint density at radius 1 is 0.828 bits per heavy atom. The first-order chi connectivity index (χ1) is 14.1. The highest BCUT2D eigenvalue weighted by Gasteiger charge is 2.20. The fourth-order valence-corrected chi connectivity index (χ4v) is 3.97. The minimum Gasteiger partial charge on any atom is -0.207 e. The summed E-state index contributed by atoms with van der Waals surface area (Å²) in [5.41, 5.74) is 5.03. The SMILES string of the molecule is CCCCc1ccc(C2=Cc3ccc(-c4ccc(F)cc4)c(F)c3CC2)c(F)c1. The largest absolute Gasteiger partial charge is 0.207 e. The molecule has 3 aromatic rings. The van der Waals surface area contributed by atoms with E-state index in [2.05, 4.69) is 6.92 Å². The second-order valence-electron chi connectivity index (χ2n) is 7.59. The molecule has 3 aromatic carbocycles. The molecule has 0 bridgehead atoms. The van der Waals surface area contributed by atoms with Gasteiger partial charge in [-0.25, -0.2) is 13.2 Å². The Hall–Kier alpha value is -2.81. The van der Waals surface area contributed by atoms with Gasteiger partial charge >= 0.3 is 0 Å². The van der Waals surface area contributed by atoms with E-state index in [0.717, 1.165) is 36.0 Å². The summed E-state index contributed by atoms with van der Waals surface area (Å²) in [5.74, 6) is -0.834. The summed E-state index contributed by atoms with van der Waals surface area (Å²) in [6.45, 7) is 2.12. The van der Waals surface area contributed by atoms with E-state index in [9.17, 15) is 8.78 Å². The van der Waals surface area contributed by atoms with Gasteiger partial charge in [0.15, 0.2) is 0 Å². The number of rotatable bonds is 5. The summed E-state index contributed by atoms with van der Waals surface area (Å²) in [7, 11) is 0. The van der Waals surface area contributed by atoms with Gasteiger partial charge in [-0.15, -0.1) is 0 Å². The van der Waals surface area contributed by atoms with Crippen LogP contribution in [0.2, 0.25) is 0 Å². The highest BCUT2D eigenvalue weighted by Crippen LogP contribution is 2.36. The quantitative estimate of drug-likeness (QED) is 0.419.